The van der Waals surface area contributed by atoms with Crippen molar-refractivity contribution in [3.8, 4) is 17.0 Å². The standard InChI is InChI=1S/C26H29N3O4/c1-33-24-9-5-3-7-20(24)23-14-21(19-6-2-4-8-22(19)29-23)25(30)27-15-17-10-12-18(13-11-17)16-28-26(31)32/h2-9,14,17-18,28H,10-13,15-16H2,1H3,(H,27,30)(H,31,32). The van der Waals surface area contributed by atoms with Crippen molar-refractivity contribution in [2.75, 3.05) is 20.2 Å². The number of carboxylic acid groups (broad SMARTS) is 1. The van der Waals surface area contributed by atoms with Gasteiger partial charge in [0.1, 0.15) is 5.75 Å². The number of hydrogen-bond donors (Lipinski definition) is 3. The third kappa shape index (κ3) is 5.42. The number of ether oxygens (including phenoxy) is 1. The van der Waals surface area contributed by atoms with E-state index >= 15 is 0 Å². The predicted molar refractivity (Wildman–Crippen MR) is 128 cm³/mol. The van der Waals surface area contributed by atoms with Crippen LogP contribution in [-0.2, 0) is 0 Å². The minimum atomic E-state index is -0.971. The Bertz CT molecular complexity index is 1140. The number of benzene rings is 2. The Balaban J connectivity index is 1.48. The van der Waals surface area contributed by atoms with Gasteiger partial charge in [-0.2, -0.15) is 0 Å². The highest BCUT2D eigenvalue weighted by Crippen LogP contribution is 2.32. The molecular weight excluding hydrogens is 418 g/mol. The van der Waals surface area contributed by atoms with Crippen LogP contribution in [0.15, 0.2) is 54.6 Å². The highest BCUT2D eigenvalue weighted by molar-refractivity contribution is 6.07. The maximum absolute atomic E-state index is 13.2. The molecule has 1 aliphatic carbocycles. The zero-order valence-electron chi connectivity index (χ0n) is 18.7. The molecule has 2 aromatic carbocycles. The van der Waals surface area contributed by atoms with E-state index < -0.39 is 6.09 Å². The Hall–Kier alpha value is -3.61. The van der Waals surface area contributed by atoms with Crippen LogP contribution >= 0.6 is 0 Å². The number of pyridine rings is 1. The lowest BCUT2D eigenvalue weighted by Crippen LogP contribution is -2.34. The SMILES string of the molecule is COc1ccccc1-c1cc(C(=O)NCC2CCC(CNC(=O)O)CC2)c2ccccc2n1. The number of nitrogens with zero attached hydrogens (tertiary/aromatic N) is 1. The van der Waals surface area contributed by atoms with Gasteiger partial charge in [-0.3, -0.25) is 4.79 Å². The molecule has 0 aliphatic heterocycles. The Kier molecular flexibility index (Phi) is 7.07. The first kappa shape index (κ1) is 22.6. The largest absolute Gasteiger partial charge is 0.496 e. The van der Waals surface area contributed by atoms with Crippen LogP contribution < -0.4 is 15.4 Å². The molecule has 33 heavy (non-hydrogen) atoms. The summed E-state index contributed by atoms with van der Waals surface area (Å²) < 4.78 is 5.50. The zero-order chi connectivity index (χ0) is 23.2. The van der Waals surface area contributed by atoms with Crippen LogP contribution in [-0.4, -0.2) is 42.3 Å². The molecule has 0 atom stereocenters. The van der Waals surface area contributed by atoms with E-state index in [1.54, 1.807) is 7.11 Å². The Morgan fingerprint density at radius 1 is 0.970 bits per heavy atom. The molecule has 1 fully saturated rings. The summed E-state index contributed by atoms with van der Waals surface area (Å²) >= 11 is 0. The number of para-hydroxylation sites is 2. The average Bonchev–Trinajstić information content (AvgIpc) is 2.85. The number of nitrogens with one attached hydrogen (secondary N) is 2. The molecule has 0 spiro atoms. The van der Waals surface area contributed by atoms with Gasteiger partial charge in [0.05, 0.1) is 23.9 Å². The van der Waals surface area contributed by atoms with Crippen molar-refractivity contribution in [2.45, 2.75) is 25.7 Å². The van der Waals surface area contributed by atoms with E-state index in [0.717, 1.165) is 42.1 Å². The summed E-state index contributed by atoms with van der Waals surface area (Å²) in [5.41, 5.74) is 2.90. The molecule has 1 saturated carbocycles. The molecule has 0 radical (unpaired) electrons. The maximum Gasteiger partial charge on any atom is 0.404 e. The van der Waals surface area contributed by atoms with Crippen LogP contribution in [0.4, 0.5) is 4.79 Å². The highest BCUT2D eigenvalue weighted by atomic mass is 16.5. The van der Waals surface area contributed by atoms with Crippen LogP contribution in [0, 0.1) is 11.8 Å². The summed E-state index contributed by atoms with van der Waals surface area (Å²) in [5.74, 6) is 1.37. The molecule has 1 aromatic heterocycles. The topological polar surface area (TPSA) is 101 Å². The Morgan fingerprint density at radius 2 is 1.61 bits per heavy atom. The van der Waals surface area contributed by atoms with E-state index in [-0.39, 0.29) is 5.91 Å². The summed E-state index contributed by atoms with van der Waals surface area (Å²) in [6, 6.07) is 17.2. The monoisotopic (exact) mass is 447 g/mol. The van der Waals surface area contributed by atoms with Crippen molar-refractivity contribution in [1.29, 1.82) is 0 Å². The van der Waals surface area contributed by atoms with Crippen LogP contribution in [0.3, 0.4) is 0 Å². The molecule has 1 heterocycles. The summed E-state index contributed by atoms with van der Waals surface area (Å²) in [5, 5.41) is 15.2. The quantitative estimate of drug-likeness (QED) is 0.487. The number of carbonyl (C=O) groups is 2. The number of fused-ring (bicyclic) bond motifs is 1. The lowest BCUT2D eigenvalue weighted by atomic mass is 9.82. The van der Waals surface area contributed by atoms with Crippen molar-refractivity contribution in [2.24, 2.45) is 11.8 Å². The summed E-state index contributed by atoms with van der Waals surface area (Å²) in [7, 11) is 1.62. The second-order valence-corrected chi connectivity index (χ2v) is 8.56. The Morgan fingerprint density at radius 3 is 2.30 bits per heavy atom. The number of rotatable bonds is 7. The first-order valence-corrected chi connectivity index (χ1v) is 11.3. The third-order valence-corrected chi connectivity index (χ3v) is 6.40. The van der Waals surface area contributed by atoms with Crippen LogP contribution in [0.25, 0.3) is 22.2 Å². The molecule has 0 unspecified atom stereocenters. The van der Waals surface area contributed by atoms with Gasteiger partial charge < -0.3 is 20.5 Å². The van der Waals surface area contributed by atoms with Gasteiger partial charge in [0, 0.05) is 24.0 Å². The van der Waals surface area contributed by atoms with Crippen LogP contribution in [0.1, 0.15) is 36.0 Å². The van der Waals surface area contributed by atoms with Gasteiger partial charge in [0.25, 0.3) is 5.91 Å². The number of aromatic nitrogens is 1. The van der Waals surface area contributed by atoms with Crippen molar-refractivity contribution >= 4 is 22.9 Å². The van der Waals surface area contributed by atoms with E-state index in [1.165, 1.54) is 0 Å². The molecule has 3 N–H and O–H groups in total. The fourth-order valence-electron chi connectivity index (χ4n) is 4.56. The maximum atomic E-state index is 13.2. The zero-order valence-corrected chi connectivity index (χ0v) is 18.7. The molecule has 1 aliphatic rings. The van der Waals surface area contributed by atoms with Gasteiger partial charge in [0.2, 0.25) is 0 Å². The van der Waals surface area contributed by atoms with Gasteiger partial charge in [-0.1, -0.05) is 30.3 Å². The van der Waals surface area contributed by atoms with E-state index in [0.29, 0.717) is 41.9 Å². The van der Waals surface area contributed by atoms with Gasteiger partial charge >= 0.3 is 6.09 Å². The Labute approximate surface area is 193 Å². The molecule has 7 heteroatoms. The van der Waals surface area contributed by atoms with Crippen LogP contribution in [0.2, 0.25) is 0 Å². The van der Waals surface area contributed by atoms with E-state index in [9.17, 15) is 9.59 Å². The van der Waals surface area contributed by atoms with Crippen molar-refractivity contribution in [1.82, 2.24) is 15.6 Å². The minimum Gasteiger partial charge on any atom is -0.496 e. The van der Waals surface area contributed by atoms with Gasteiger partial charge in [-0.15, -0.1) is 0 Å². The van der Waals surface area contributed by atoms with E-state index in [4.69, 9.17) is 14.8 Å². The van der Waals surface area contributed by atoms with Gasteiger partial charge in [0.15, 0.2) is 0 Å². The highest BCUT2D eigenvalue weighted by Gasteiger charge is 2.23. The first-order valence-electron chi connectivity index (χ1n) is 11.3. The van der Waals surface area contributed by atoms with Crippen molar-refractivity contribution in [3.05, 3.63) is 60.2 Å². The van der Waals surface area contributed by atoms with Gasteiger partial charge in [-0.25, -0.2) is 9.78 Å². The van der Waals surface area contributed by atoms with Crippen molar-refractivity contribution in [3.63, 3.8) is 0 Å². The minimum absolute atomic E-state index is 0.112. The first-order chi connectivity index (χ1) is 16.0. The predicted octanol–water partition coefficient (Wildman–Crippen LogP) is 4.71. The second kappa shape index (κ2) is 10.3. The summed E-state index contributed by atoms with van der Waals surface area (Å²) in [4.78, 5) is 28.7. The van der Waals surface area contributed by atoms with E-state index in [1.807, 2.05) is 54.6 Å². The van der Waals surface area contributed by atoms with Crippen molar-refractivity contribution < 1.29 is 19.4 Å². The molecular formula is C26H29N3O4. The van der Waals surface area contributed by atoms with E-state index in [2.05, 4.69) is 10.6 Å². The number of hydrogen-bond acceptors (Lipinski definition) is 4. The molecule has 2 amide bonds. The molecule has 4 rings (SSSR count). The molecule has 0 bridgehead atoms. The number of methoxy groups -OCH3 is 1. The third-order valence-electron chi connectivity index (χ3n) is 6.40. The molecule has 172 valence electrons. The second-order valence-electron chi connectivity index (χ2n) is 8.56. The molecule has 7 nitrogen and oxygen atoms in total. The fraction of sp³-hybridized carbons (Fsp3) is 0.346. The summed E-state index contributed by atoms with van der Waals surface area (Å²) in [6.45, 7) is 1.11. The lowest BCUT2D eigenvalue weighted by molar-refractivity contribution is 0.0942. The van der Waals surface area contributed by atoms with Crippen LogP contribution in [0.5, 0.6) is 5.75 Å². The van der Waals surface area contributed by atoms with Gasteiger partial charge in [-0.05, 0) is 61.8 Å². The lowest BCUT2D eigenvalue weighted by Gasteiger charge is -2.28. The molecule has 3 aromatic rings. The summed E-state index contributed by atoms with van der Waals surface area (Å²) in [6.07, 6.45) is 2.93. The molecule has 0 saturated heterocycles. The number of amides is 2. The smallest absolute Gasteiger partial charge is 0.404 e. The average molecular weight is 448 g/mol. The fourth-order valence-corrected chi connectivity index (χ4v) is 4.56. The normalized spacial score (nSPS) is 18.0. The number of carbonyl (C=O) groups excluding carboxylic acids is 1.